The first kappa shape index (κ1) is 20.5. The average molecular weight is 394 g/mol. The summed E-state index contributed by atoms with van der Waals surface area (Å²) in [6.07, 6.45) is 0. The first-order valence-corrected chi connectivity index (χ1v) is 9.51. The van der Waals surface area contributed by atoms with Crippen LogP contribution in [0.2, 0.25) is 0 Å². The van der Waals surface area contributed by atoms with Crippen LogP contribution in [0.1, 0.15) is 29.7 Å². The Morgan fingerprint density at radius 2 is 1.90 bits per heavy atom. The van der Waals surface area contributed by atoms with Crippen molar-refractivity contribution in [2.24, 2.45) is 0 Å². The smallest absolute Gasteiger partial charge is 0.348 e. The molecule has 1 heterocycles. The van der Waals surface area contributed by atoms with E-state index in [0.29, 0.717) is 24.0 Å². The van der Waals surface area contributed by atoms with Crippen LogP contribution in [-0.4, -0.2) is 36.4 Å². The van der Waals surface area contributed by atoms with Crippen molar-refractivity contribution in [1.82, 2.24) is 15.2 Å². The van der Waals surface area contributed by atoms with Gasteiger partial charge in [-0.1, -0.05) is 36.4 Å². The minimum Gasteiger partial charge on any atom is -0.389 e. The van der Waals surface area contributed by atoms with E-state index in [2.05, 4.69) is 15.6 Å². The van der Waals surface area contributed by atoms with E-state index >= 15 is 0 Å². The van der Waals surface area contributed by atoms with Crippen molar-refractivity contribution < 1.29 is 9.21 Å². The molecule has 0 bridgehead atoms. The van der Waals surface area contributed by atoms with E-state index in [4.69, 9.17) is 4.42 Å². The predicted octanol–water partition coefficient (Wildman–Crippen LogP) is 2.85. The van der Waals surface area contributed by atoms with Crippen molar-refractivity contribution in [1.29, 1.82) is 0 Å². The number of carbonyl (C=O) groups is 1. The molecule has 0 unspecified atom stereocenters. The van der Waals surface area contributed by atoms with Crippen LogP contribution >= 0.6 is 0 Å². The third-order valence-corrected chi connectivity index (χ3v) is 4.75. The third-order valence-electron chi connectivity index (χ3n) is 4.75. The molecular formula is C22H26N4O3. The standard InChI is InChI=1S/C22H26N4O3/c1-14-17(12-23-19(27)13-26(3)4)10-11-18-20(14)21(28)29-22(25-18)24-15(2)16-8-6-5-7-9-16/h5-11,15H,12-13H2,1-4H3,(H,23,27)(H,24,25)/t15-/m0/s1. The maximum Gasteiger partial charge on any atom is 0.348 e. The molecule has 0 radical (unpaired) electrons. The molecule has 0 spiro atoms. The van der Waals surface area contributed by atoms with Gasteiger partial charge in [0.15, 0.2) is 0 Å². The lowest BCUT2D eigenvalue weighted by atomic mass is 10.0. The zero-order valence-corrected chi connectivity index (χ0v) is 17.2. The Morgan fingerprint density at radius 3 is 2.59 bits per heavy atom. The molecule has 7 heteroatoms. The molecule has 2 aromatic carbocycles. The summed E-state index contributed by atoms with van der Waals surface area (Å²) < 4.78 is 5.42. The molecule has 0 saturated heterocycles. The van der Waals surface area contributed by atoms with Gasteiger partial charge in [0.2, 0.25) is 5.91 Å². The van der Waals surface area contributed by atoms with Crippen molar-refractivity contribution in [2.75, 3.05) is 26.0 Å². The molecule has 0 aliphatic rings. The maximum absolute atomic E-state index is 12.6. The SMILES string of the molecule is Cc1c(CNC(=O)CN(C)C)ccc2nc(N[C@@H](C)c3ccccc3)oc(=O)c12. The number of rotatable bonds is 7. The van der Waals surface area contributed by atoms with E-state index in [1.54, 1.807) is 11.0 Å². The minimum absolute atomic E-state index is 0.0587. The highest BCUT2D eigenvalue weighted by Gasteiger charge is 2.14. The van der Waals surface area contributed by atoms with Gasteiger partial charge < -0.3 is 20.0 Å². The topological polar surface area (TPSA) is 87.5 Å². The van der Waals surface area contributed by atoms with Gasteiger partial charge in [0.1, 0.15) is 0 Å². The summed E-state index contributed by atoms with van der Waals surface area (Å²) in [6, 6.07) is 13.7. The van der Waals surface area contributed by atoms with Gasteiger partial charge in [-0.3, -0.25) is 4.79 Å². The van der Waals surface area contributed by atoms with Gasteiger partial charge >= 0.3 is 5.63 Å². The lowest BCUT2D eigenvalue weighted by Crippen LogP contribution is -2.33. The average Bonchev–Trinajstić information content (AvgIpc) is 2.67. The van der Waals surface area contributed by atoms with Crippen LogP contribution in [0.15, 0.2) is 51.7 Å². The van der Waals surface area contributed by atoms with Crippen LogP contribution in [0.25, 0.3) is 10.9 Å². The highest BCUT2D eigenvalue weighted by Crippen LogP contribution is 2.21. The quantitative estimate of drug-likeness (QED) is 0.641. The molecule has 0 saturated carbocycles. The van der Waals surface area contributed by atoms with Gasteiger partial charge in [0, 0.05) is 6.54 Å². The summed E-state index contributed by atoms with van der Waals surface area (Å²) in [7, 11) is 3.67. The number of hydrogen-bond acceptors (Lipinski definition) is 6. The molecular weight excluding hydrogens is 368 g/mol. The van der Waals surface area contributed by atoms with Gasteiger partial charge in [-0.05, 0) is 50.7 Å². The number of carbonyl (C=O) groups excluding carboxylic acids is 1. The van der Waals surface area contributed by atoms with Crippen LogP contribution in [0, 0.1) is 6.92 Å². The van der Waals surface area contributed by atoms with Crippen LogP contribution in [0.4, 0.5) is 6.01 Å². The maximum atomic E-state index is 12.6. The Labute approximate surface area is 169 Å². The number of aromatic nitrogens is 1. The van der Waals surface area contributed by atoms with Gasteiger partial charge in [0.25, 0.3) is 6.01 Å². The van der Waals surface area contributed by atoms with E-state index in [0.717, 1.165) is 16.7 Å². The second-order valence-electron chi connectivity index (χ2n) is 7.34. The van der Waals surface area contributed by atoms with E-state index in [1.165, 1.54) is 0 Å². The highest BCUT2D eigenvalue weighted by molar-refractivity contribution is 5.83. The lowest BCUT2D eigenvalue weighted by molar-refractivity contribution is -0.121. The first-order valence-electron chi connectivity index (χ1n) is 9.51. The number of benzene rings is 2. The Balaban J connectivity index is 1.82. The fourth-order valence-electron chi connectivity index (χ4n) is 3.16. The molecule has 1 aromatic heterocycles. The van der Waals surface area contributed by atoms with E-state index < -0.39 is 5.63 Å². The monoisotopic (exact) mass is 394 g/mol. The van der Waals surface area contributed by atoms with Gasteiger partial charge in [0.05, 0.1) is 23.5 Å². The molecule has 29 heavy (non-hydrogen) atoms. The number of nitrogens with zero attached hydrogens (tertiary/aromatic N) is 2. The van der Waals surface area contributed by atoms with Crippen molar-refractivity contribution in [2.45, 2.75) is 26.4 Å². The van der Waals surface area contributed by atoms with Gasteiger partial charge in [-0.2, -0.15) is 4.98 Å². The normalized spacial score (nSPS) is 12.2. The number of anilines is 1. The molecule has 152 valence electrons. The summed E-state index contributed by atoms with van der Waals surface area (Å²) >= 11 is 0. The molecule has 2 N–H and O–H groups in total. The molecule has 0 aliphatic carbocycles. The van der Waals surface area contributed by atoms with E-state index in [-0.39, 0.29) is 18.0 Å². The van der Waals surface area contributed by atoms with Crippen LogP contribution in [0.3, 0.4) is 0 Å². The number of amides is 1. The third kappa shape index (κ3) is 5.00. The van der Waals surface area contributed by atoms with Crippen LogP contribution in [0.5, 0.6) is 0 Å². The van der Waals surface area contributed by atoms with Crippen molar-refractivity contribution in [3.8, 4) is 0 Å². The zero-order chi connectivity index (χ0) is 21.0. The Morgan fingerprint density at radius 1 is 1.17 bits per heavy atom. The summed E-state index contributed by atoms with van der Waals surface area (Å²) in [5.74, 6) is -0.0749. The van der Waals surface area contributed by atoms with E-state index in [1.807, 2.05) is 64.3 Å². The Kier molecular flexibility index (Phi) is 6.29. The molecule has 3 aromatic rings. The largest absolute Gasteiger partial charge is 0.389 e. The van der Waals surface area contributed by atoms with Crippen LogP contribution in [-0.2, 0) is 11.3 Å². The Hall–Kier alpha value is -3.19. The summed E-state index contributed by atoms with van der Waals surface area (Å²) in [6.45, 7) is 4.48. The molecule has 7 nitrogen and oxygen atoms in total. The highest BCUT2D eigenvalue weighted by atomic mass is 16.4. The molecule has 1 amide bonds. The number of likely N-dealkylation sites (N-methyl/N-ethyl adjacent to an activating group) is 1. The Bertz CT molecular complexity index is 1060. The fourth-order valence-corrected chi connectivity index (χ4v) is 3.16. The summed E-state index contributed by atoms with van der Waals surface area (Å²) in [5, 5.41) is 6.44. The summed E-state index contributed by atoms with van der Waals surface area (Å²) in [4.78, 5) is 30.8. The predicted molar refractivity (Wildman–Crippen MR) is 114 cm³/mol. The lowest BCUT2D eigenvalue weighted by Gasteiger charge is -2.15. The van der Waals surface area contributed by atoms with Gasteiger partial charge in [-0.15, -0.1) is 0 Å². The minimum atomic E-state index is -0.447. The number of aryl methyl sites for hydroxylation is 1. The van der Waals surface area contributed by atoms with E-state index in [9.17, 15) is 9.59 Å². The first-order chi connectivity index (χ1) is 13.8. The molecule has 0 aliphatic heterocycles. The van der Waals surface area contributed by atoms with Crippen molar-refractivity contribution >= 4 is 22.8 Å². The molecule has 0 fully saturated rings. The number of hydrogen-bond donors (Lipinski definition) is 2. The number of fused-ring (bicyclic) bond motifs is 1. The summed E-state index contributed by atoms with van der Waals surface area (Å²) in [5.41, 5.74) is 2.80. The second-order valence-corrected chi connectivity index (χ2v) is 7.34. The second kappa shape index (κ2) is 8.87. The molecule has 3 rings (SSSR count). The zero-order valence-electron chi connectivity index (χ0n) is 17.2. The number of nitrogens with one attached hydrogen (secondary N) is 2. The van der Waals surface area contributed by atoms with Crippen molar-refractivity contribution in [3.63, 3.8) is 0 Å². The fraction of sp³-hybridized carbons (Fsp3) is 0.318. The van der Waals surface area contributed by atoms with Gasteiger partial charge in [-0.25, -0.2) is 4.79 Å². The molecule has 1 atom stereocenters. The van der Waals surface area contributed by atoms with Crippen LogP contribution < -0.4 is 16.3 Å². The van der Waals surface area contributed by atoms with Crippen molar-refractivity contribution in [3.05, 3.63) is 69.6 Å².